The summed E-state index contributed by atoms with van der Waals surface area (Å²) in [6.07, 6.45) is 3.25. The third-order valence-corrected chi connectivity index (χ3v) is 4.21. The zero-order chi connectivity index (χ0) is 17.0. The summed E-state index contributed by atoms with van der Waals surface area (Å²) in [5.41, 5.74) is 7.04. The Bertz CT molecular complexity index is 566. The molecule has 1 aromatic rings. The van der Waals surface area contributed by atoms with Crippen LogP contribution in [0.5, 0.6) is 0 Å². The van der Waals surface area contributed by atoms with Crippen LogP contribution in [0, 0.1) is 12.8 Å². The summed E-state index contributed by atoms with van der Waals surface area (Å²) in [5, 5.41) is 5.60. The Kier molecular flexibility index (Phi) is 7.44. The number of rotatable bonds is 4. The molecule has 0 aromatic carbocycles. The Morgan fingerprint density at radius 1 is 1.33 bits per heavy atom. The van der Waals surface area contributed by atoms with E-state index in [-0.39, 0.29) is 30.3 Å². The van der Waals surface area contributed by atoms with Gasteiger partial charge in [-0.05, 0) is 30.9 Å². The monoisotopic (exact) mass is 355 g/mol. The first-order chi connectivity index (χ1) is 10.9. The average molecular weight is 356 g/mol. The van der Waals surface area contributed by atoms with Gasteiger partial charge >= 0.3 is 6.03 Å². The molecule has 2 atom stereocenters. The number of amides is 3. The number of hydrogen-bond acceptors (Lipinski definition) is 4. The van der Waals surface area contributed by atoms with Crippen LogP contribution in [0.3, 0.4) is 0 Å². The van der Waals surface area contributed by atoms with Crippen molar-refractivity contribution in [1.82, 2.24) is 15.0 Å². The molecule has 3 amide bonds. The Morgan fingerprint density at radius 3 is 2.58 bits per heavy atom. The number of carbonyl (C=O) groups excluding carboxylic acids is 2. The molecule has 0 saturated carbocycles. The molecule has 0 unspecified atom stereocenters. The summed E-state index contributed by atoms with van der Waals surface area (Å²) in [6.45, 7) is 6.87. The first kappa shape index (κ1) is 20.2. The molecule has 1 aromatic heterocycles. The van der Waals surface area contributed by atoms with E-state index in [0.717, 1.165) is 18.4 Å². The summed E-state index contributed by atoms with van der Waals surface area (Å²) in [6, 6.07) is 2.66. The van der Waals surface area contributed by atoms with Crippen LogP contribution in [-0.4, -0.2) is 46.1 Å². The SMILES string of the molecule is CC[C@H](C)[C@H](N)C(=O)N1CCCN1C(=O)Nc1ccc(C)cn1.Cl. The lowest BCUT2D eigenvalue weighted by atomic mass is 9.99. The number of hydrogen-bond donors (Lipinski definition) is 2. The number of urea groups is 1. The second-order valence-corrected chi connectivity index (χ2v) is 6.00. The van der Waals surface area contributed by atoms with Crippen LogP contribution in [-0.2, 0) is 4.79 Å². The number of nitrogens with one attached hydrogen (secondary N) is 1. The standard InChI is InChI=1S/C16H25N5O2.ClH/c1-4-12(3)14(17)15(22)20-8-5-9-21(20)16(23)19-13-7-6-11(2)10-18-13;/h6-7,10,12,14H,4-5,8-9,17H2,1-3H3,(H,18,19,23);1H/t12-,14-;/m0./s1. The Balaban J connectivity index is 0.00000288. The van der Waals surface area contributed by atoms with Crippen LogP contribution in [0.4, 0.5) is 10.6 Å². The third kappa shape index (κ3) is 4.58. The number of hydrazine groups is 1. The van der Waals surface area contributed by atoms with E-state index >= 15 is 0 Å². The zero-order valence-electron chi connectivity index (χ0n) is 14.4. The van der Waals surface area contributed by atoms with Gasteiger partial charge in [-0.3, -0.25) is 10.1 Å². The lowest BCUT2D eigenvalue weighted by molar-refractivity contribution is -0.142. The summed E-state index contributed by atoms with van der Waals surface area (Å²) in [5.74, 6) is 0.335. The van der Waals surface area contributed by atoms with Crippen LogP contribution < -0.4 is 11.1 Å². The van der Waals surface area contributed by atoms with Crippen molar-refractivity contribution in [2.24, 2.45) is 11.7 Å². The highest BCUT2D eigenvalue weighted by Crippen LogP contribution is 2.17. The van der Waals surface area contributed by atoms with Crippen LogP contribution >= 0.6 is 12.4 Å². The van der Waals surface area contributed by atoms with Crippen molar-refractivity contribution < 1.29 is 9.59 Å². The molecule has 1 fully saturated rings. The van der Waals surface area contributed by atoms with Gasteiger partial charge in [-0.25, -0.2) is 19.8 Å². The molecule has 24 heavy (non-hydrogen) atoms. The molecule has 2 rings (SSSR count). The average Bonchev–Trinajstić information content (AvgIpc) is 3.04. The Morgan fingerprint density at radius 2 is 2.00 bits per heavy atom. The summed E-state index contributed by atoms with van der Waals surface area (Å²) in [7, 11) is 0. The van der Waals surface area contributed by atoms with Gasteiger partial charge in [-0.15, -0.1) is 12.4 Å². The van der Waals surface area contributed by atoms with Gasteiger partial charge in [0.1, 0.15) is 5.82 Å². The molecule has 0 aliphatic carbocycles. The Labute approximate surface area is 149 Å². The number of pyridine rings is 1. The summed E-state index contributed by atoms with van der Waals surface area (Å²) >= 11 is 0. The zero-order valence-corrected chi connectivity index (χ0v) is 15.2. The number of nitrogens with two attached hydrogens (primary N) is 1. The van der Waals surface area contributed by atoms with Crippen LogP contribution in [0.25, 0.3) is 0 Å². The summed E-state index contributed by atoms with van der Waals surface area (Å²) in [4.78, 5) is 29.1. The van der Waals surface area contributed by atoms with Gasteiger partial charge < -0.3 is 5.73 Å². The highest BCUT2D eigenvalue weighted by atomic mass is 35.5. The second-order valence-electron chi connectivity index (χ2n) is 6.00. The maximum absolute atomic E-state index is 12.5. The van der Waals surface area contributed by atoms with Crippen molar-refractivity contribution in [1.29, 1.82) is 0 Å². The number of anilines is 1. The van der Waals surface area contributed by atoms with E-state index in [1.165, 1.54) is 10.0 Å². The molecule has 134 valence electrons. The highest BCUT2D eigenvalue weighted by Gasteiger charge is 2.34. The van der Waals surface area contributed by atoms with Gasteiger partial charge in [0, 0.05) is 19.3 Å². The fourth-order valence-corrected chi connectivity index (χ4v) is 2.44. The minimum atomic E-state index is -0.592. The lowest BCUT2D eigenvalue weighted by Gasteiger charge is -2.31. The molecule has 0 bridgehead atoms. The van der Waals surface area contributed by atoms with Crippen molar-refractivity contribution in [3.63, 3.8) is 0 Å². The van der Waals surface area contributed by atoms with Crippen molar-refractivity contribution in [2.75, 3.05) is 18.4 Å². The molecule has 1 aliphatic heterocycles. The fourth-order valence-electron chi connectivity index (χ4n) is 2.44. The molecule has 1 saturated heterocycles. The Hall–Kier alpha value is -1.86. The van der Waals surface area contributed by atoms with Crippen LogP contribution in [0.1, 0.15) is 32.3 Å². The molecule has 7 nitrogen and oxygen atoms in total. The molecular weight excluding hydrogens is 330 g/mol. The van der Waals surface area contributed by atoms with Crippen LogP contribution in [0.2, 0.25) is 0 Å². The van der Waals surface area contributed by atoms with Crippen molar-refractivity contribution in [2.45, 2.75) is 39.7 Å². The van der Waals surface area contributed by atoms with E-state index in [1.807, 2.05) is 26.8 Å². The molecule has 3 N–H and O–H groups in total. The normalized spacial score (nSPS) is 16.3. The maximum Gasteiger partial charge on any atom is 0.341 e. The van der Waals surface area contributed by atoms with Crippen molar-refractivity contribution >= 4 is 30.2 Å². The molecule has 0 spiro atoms. The topological polar surface area (TPSA) is 91.6 Å². The van der Waals surface area contributed by atoms with Gasteiger partial charge in [-0.1, -0.05) is 26.3 Å². The minimum Gasteiger partial charge on any atom is -0.320 e. The smallest absolute Gasteiger partial charge is 0.320 e. The maximum atomic E-state index is 12.5. The number of aromatic nitrogens is 1. The van der Waals surface area contributed by atoms with Gasteiger partial charge in [-0.2, -0.15) is 0 Å². The minimum absolute atomic E-state index is 0. The van der Waals surface area contributed by atoms with E-state index in [2.05, 4.69) is 10.3 Å². The number of carbonyl (C=O) groups is 2. The number of nitrogens with zero attached hydrogens (tertiary/aromatic N) is 3. The van der Waals surface area contributed by atoms with E-state index in [1.54, 1.807) is 12.3 Å². The highest BCUT2D eigenvalue weighted by molar-refractivity contribution is 5.91. The van der Waals surface area contributed by atoms with Gasteiger partial charge in [0.25, 0.3) is 5.91 Å². The predicted octanol–water partition coefficient (Wildman–Crippen LogP) is 2.17. The van der Waals surface area contributed by atoms with Gasteiger partial charge in [0.15, 0.2) is 0 Å². The van der Waals surface area contributed by atoms with Gasteiger partial charge in [0.2, 0.25) is 0 Å². The first-order valence-electron chi connectivity index (χ1n) is 8.02. The quantitative estimate of drug-likeness (QED) is 0.865. The summed E-state index contributed by atoms with van der Waals surface area (Å²) < 4.78 is 0. The largest absolute Gasteiger partial charge is 0.341 e. The molecular formula is C16H26ClN5O2. The third-order valence-electron chi connectivity index (χ3n) is 4.21. The number of aryl methyl sites for hydroxylation is 1. The van der Waals surface area contributed by atoms with E-state index in [4.69, 9.17) is 5.73 Å². The van der Waals surface area contributed by atoms with Crippen LogP contribution in [0.15, 0.2) is 18.3 Å². The number of halogens is 1. The van der Waals surface area contributed by atoms with E-state index in [0.29, 0.717) is 18.9 Å². The molecule has 8 heteroatoms. The van der Waals surface area contributed by atoms with Crippen molar-refractivity contribution in [3.05, 3.63) is 23.9 Å². The first-order valence-corrected chi connectivity index (χ1v) is 8.02. The fraction of sp³-hybridized carbons (Fsp3) is 0.562. The predicted molar refractivity (Wildman–Crippen MR) is 95.7 cm³/mol. The van der Waals surface area contributed by atoms with Gasteiger partial charge in [0.05, 0.1) is 6.04 Å². The molecule has 1 aliphatic rings. The molecule has 2 heterocycles. The second kappa shape index (κ2) is 8.84. The van der Waals surface area contributed by atoms with E-state index in [9.17, 15) is 9.59 Å². The van der Waals surface area contributed by atoms with Crippen molar-refractivity contribution in [3.8, 4) is 0 Å². The lowest BCUT2D eigenvalue weighted by Crippen LogP contribution is -2.53. The van der Waals surface area contributed by atoms with E-state index < -0.39 is 6.04 Å². The molecule has 0 radical (unpaired) electrons.